The van der Waals surface area contributed by atoms with Crippen molar-refractivity contribution < 1.29 is 0 Å². The maximum atomic E-state index is 6.67. The van der Waals surface area contributed by atoms with Crippen LogP contribution in [0, 0.1) is 0 Å². The first-order valence-corrected chi connectivity index (χ1v) is 8.51. The van der Waals surface area contributed by atoms with E-state index >= 15 is 0 Å². The van der Waals surface area contributed by atoms with E-state index in [1.54, 1.807) is 0 Å². The number of hydrogen-bond donors (Lipinski definition) is 1. The summed E-state index contributed by atoms with van der Waals surface area (Å²) >= 11 is 3.49. The van der Waals surface area contributed by atoms with Crippen molar-refractivity contribution in [3.8, 4) is 0 Å². The molecule has 1 aliphatic rings. The molecule has 0 amide bonds. The fraction of sp³-hybridized carbons (Fsp3) is 0.647. The summed E-state index contributed by atoms with van der Waals surface area (Å²) < 4.78 is 1.13. The molecule has 0 saturated heterocycles. The number of halogens is 1. The highest BCUT2D eigenvalue weighted by Crippen LogP contribution is 2.34. The quantitative estimate of drug-likeness (QED) is 0.841. The summed E-state index contributed by atoms with van der Waals surface area (Å²) in [6.45, 7) is 0. The Morgan fingerprint density at radius 1 is 1.10 bits per heavy atom. The van der Waals surface area contributed by atoms with Gasteiger partial charge in [0.15, 0.2) is 0 Å². The van der Waals surface area contributed by atoms with Crippen LogP contribution in [0.4, 0.5) is 0 Å². The molecular formula is C17H27BrN2. The van der Waals surface area contributed by atoms with E-state index < -0.39 is 0 Å². The van der Waals surface area contributed by atoms with E-state index in [0.717, 1.165) is 10.9 Å². The minimum Gasteiger partial charge on any atom is -0.326 e. The number of benzene rings is 1. The lowest BCUT2D eigenvalue weighted by Crippen LogP contribution is -2.58. The van der Waals surface area contributed by atoms with Gasteiger partial charge in [-0.15, -0.1) is 0 Å². The molecule has 1 unspecified atom stereocenters. The molecule has 1 aromatic rings. The van der Waals surface area contributed by atoms with Crippen molar-refractivity contribution in [1.82, 2.24) is 4.90 Å². The first kappa shape index (κ1) is 16.0. The van der Waals surface area contributed by atoms with Crippen LogP contribution in [0.1, 0.15) is 44.1 Å². The van der Waals surface area contributed by atoms with E-state index in [1.165, 1.54) is 44.1 Å². The molecule has 1 aromatic carbocycles. The molecular weight excluding hydrogens is 312 g/mol. The molecule has 2 nitrogen and oxygen atoms in total. The highest BCUT2D eigenvalue weighted by atomic mass is 79.9. The number of nitrogens with zero attached hydrogens (tertiary/aromatic N) is 1. The number of likely N-dealkylation sites (N-methyl/N-ethyl adjacent to an activating group) is 1. The maximum absolute atomic E-state index is 6.67. The van der Waals surface area contributed by atoms with Crippen LogP contribution in [0.2, 0.25) is 0 Å². The van der Waals surface area contributed by atoms with Crippen LogP contribution in [0.3, 0.4) is 0 Å². The Morgan fingerprint density at radius 3 is 2.15 bits per heavy atom. The minimum atomic E-state index is 0.170. The minimum absolute atomic E-state index is 0.170. The Kier molecular flexibility index (Phi) is 5.65. The summed E-state index contributed by atoms with van der Waals surface area (Å²) in [6, 6.07) is 8.79. The fourth-order valence-corrected chi connectivity index (χ4v) is 3.82. The van der Waals surface area contributed by atoms with Crippen molar-refractivity contribution in [2.24, 2.45) is 5.73 Å². The fourth-order valence-electron chi connectivity index (χ4n) is 3.55. The molecule has 1 aliphatic carbocycles. The molecule has 0 aromatic heterocycles. The molecule has 0 heterocycles. The van der Waals surface area contributed by atoms with Crippen LogP contribution in [-0.4, -0.2) is 30.6 Å². The van der Waals surface area contributed by atoms with Gasteiger partial charge >= 0.3 is 0 Å². The zero-order chi connectivity index (χ0) is 14.6. The highest BCUT2D eigenvalue weighted by Gasteiger charge is 2.38. The third kappa shape index (κ3) is 3.63. The van der Waals surface area contributed by atoms with E-state index in [0.29, 0.717) is 0 Å². The second-order valence-electron chi connectivity index (χ2n) is 6.35. The lowest BCUT2D eigenvalue weighted by Gasteiger charge is -2.44. The summed E-state index contributed by atoms with van der Waals surface area (Å²) in [5, 5.41) is 0. The molecule has 2 N–H and O–H groups in total. The van der Waals surface area contributed by atoms with Crippen molar-refractivity contribution in [1.29, 1.82) is 0 Å². The first-order chi connectivity index (χ1) is 9.54. The zero-order valence-corrected chi connectivity index (χ0v) is 14.3. The number of hydrogen-bond acceptors (Lipinski definition) is 2. The van der Waals surface area contributed by atoms with Gasteiger partial charge in [-0.3, -0.25) is 0 Å². The van der Waals surface area contributed by atoms with Gasteiger partial charge in [0, 0.05) is 16.1 Å². The van der Waals surface area contributed by atoms with E-state index in [2.05, 4.69) is 59.2 Å². The average molecular weight is 339 g/mol. The van der Waals surface area contributed by atoms with Crippen LogP contribution in [-0.2, 0) is 6.42 Å². The number of rotatable bonds is 4. The smallest absolute Gasteiger partial charge is 0.0357 e. The second-order valence-corrected chi connectivity index (χ2v) is 7.26. The van der Waals surface area contributed by atoms with Gasteiger partial charge in [0.25, 0.3) is 0 Å². The standard InChI is InChI=1S/C17H27BrN2/c1-20(2)17(11-5-3-4-6-12-17)16(19)13-14-7-9-15(18)10-8-14/h7-10,16H,3-6,11-13,19H2,1-2H3. The maximum Gasteiger partial charge on any atom is 0.0357 e. The van der Waals surface area contributed by atoms with Crippen LogP contribution < -0.4 is 5.73 Å². The van der Waals surface area contributed by atoms with Crippen LogP contribution >= 0.6 is 15.9 Å². The van der Waals surface area contributed by atoms with Crippen LogP contribution in [0.25, 0.3) is 0 Å². The molecule has 1 fully saturated rings. The lowest BCUT2D eigenvalue weighted by atomic mass is 9.79. The third-order valence-electron chi connectivity index (χ3n) is 4.92. The predicted octanol–water partition coefficient (Wildman–Crippen LogP) is 3.97. The summed E-state index contributed by atoms with van der Waals surface area (Å²) in [4.78, 5) is 2.39. The van der Waals surface area contributed by atoms with Gasteiger partial charge in [-0.2, -0.15) is 0 Å². The van der Waals surface area contributed by atoms with Crippen molar-refractivity contribution in [3.05, 3.63) is 34.3 Å². The van der Waals surface area contributed by atoms with Crippen molar-refractivity contribution in [3.63, 3.8) is 0 Å². The average Bonchev–Trinajstić information content (AvgIpc) is 2.68. The molecule has 0 aliphatic heterocycles. The van der Waals surface area contributed by atoms with Crippen molar-refractivity contribution in [2.45, 2.75) is 56.5 Å². The van der Waals surface area contributed by atoms with Gasteiger partial charge in [0.1, 0.15) is 0 Å². The largest absolute Gasteiger partial charge is 0.326 e. The van der Waals surface area contributed by atoms with E-state index in [4.69, 9.17) is 5.73 Å². The zero-order valence-electron chi connectivity index (χ0n) is 12.7. The Labute approximate surface area is 131 Å². The molecule has 0 radical (unpaired) electrons. The Morgan fingerprint density at radius 2 is 1.65 bits per heavy atom. The molecule has 1 saturated carbocycles. The second kappa shape index (κ2) is 7.06. The lowest BCUT2D eigenvalue weighted by molar-refractivity contribution is 0.0968. The molecule has 1 atom stereocenters. The highest BCUT2D eigenvalue weighted by molar-refractivity contribution is 9.10. The molecule has 2 rings (SSSR count). The van der Waals surface area contributed by atoms with E-state index in [9.17, 15) is 0 Å². The normalized spacial score (nSPS) is 20.6. The van der Waals surface area contributed by atoms with Gasteiger partial charge in [-0.05, 0) is 51.1 Å². The first-order valence-electron chi connectivity index (χ1n) is 7.72. The molecule has 0 bridgehead atoms. The summed E-state index contributed by atoms with van der Waals surface area (Å²) in [5.41, 5.74) is 8.18. The summed E-state index contributed by atoms with van der Waals surface area (Å²) in [5.74, 6) is 0. The van der Waals surface area contributed by atoms with Gasteiger partial charge in [-0.25, -0.2) is 0 Å². The SMILES string of the molecule is CN(C)C1(C(N)Cc2ccc(Br)cc2)CCCCCC1. The van der Waals surface area contributed by atoms with Crippen LogP contribution in [0.5, 0.6) is 0 Å². The summed E-state index contributed by atoms with van der Waals surface area (Å²) in [7, 11) is 4.40. The molecule has 20 heavy (non-hydrogen) atoms. The van der Waals surface area contributed by atoms with Crippen LogP contribution in [0.15, 0.2) is 28.7 Å². The van der Waals surface area contributed by atoms with Crippen molar-refractivity contribution >= 4 is 15.9 Å². The monoisotopic (exact) mass is 338 g/mol. The number of nitrogens with two attached hydrogens (primary N) is 1. The van der Waals surface area contributed by atoms with Crippen molar-refractivity contribution in [2.75, 3.05) is 14.1 Å². The van der Waals surface area contributed by atoms with Gasteiger partial charge in [0.2, 0.25) is 0 Å². The molecule has 3 heteroatoms. The molecule has 112 valence electrons. The summed E-state index contributed by atoms with van der Waals surface area (Å²) in [6.07, 6.45) is 8.78. The topological polar surface area (TPSA) is 29.3 Å². The van der Waals surface area contributed by atoms with E-state index in [1.807, 2.05) is 0 Å². The van der Waals surface area contributed by atoms with E-state index in [-0.39, 0.29) is 11.6 Å². The predicted molar refractivity (Wildman–Crippen MR) is 89.9 cm³/mol. The van der Waals surface area contributed by atoms with Gasteiger partial charge in [-0.1, -0.05) is 53.7 Å². The van der Waals surface area contributed by atoms with Gasteiger partial charge in [0.05, 0.1) is 0 Å². The molecule has 0 spiro atoms. The Hall–Kier alpha value is -0.380. The third-order valence-corrected chi connectivity index (χ3v) is 5.45. The Bertz CT molecular complexity index is 406. The van der Waals surface area contributed by atoms with Gasteiger partial charge < -0.3 is 10.6 Å². The Balaban J connectivity index is 2.13.